The smallest absolute Gasteiger partial charge is 0.260 e. The van der Waals surface area contributed by atoms with Gasteiger partial charge in [-0.3, -0.25) is 4.79 Å². The quantitative estimate of drug-likeness (QED) is 0.831. The van der Waals surface area contributed by atoms with Crippen LogP contribution in [0.3, 0.4) is 0 Å². The van der Waals surface area contributed by atoms with Crippen LogP contribution in [0.2, 0.25) is 0 Å². The zero-order valence-corrected chi connectivity index (χ0v) is 13.1. The molecule has 0 saturated heterocycles. The predicted molar refractivity (Wildman–Crippen MR) is 81.0 cm³/mol. The van der Waals surface area contributed by atoms with Crippen molar-refractivity contribution in [3.63, 3.8) is 0 Å². The first-order valence-corrected chi connectivity index (χ1v) is 6.90. The highest BCUT2D eigenvalue weighted by atomic mass is 79.9. The maximum atomic E-state index is 12.1. The van der Waals surface area contributed by atoms with E-state index in [1.165, 1.54) is 6.20 Å². The van der Waals surface area contributed by atoms with E-state index in [1.807, 2.05) is 13.0 Å². The van der Waals surface area contributed by atoms with E-state index in [2.05, 4.69) is 47.1 Å². The lowest BCUT2D eigenvalue weighted by Crippen LogP contribution is -2.16. The van der Waals surface area contributed by atoms with E-state index in [-0.39, 0.29) is 11.7 Å². The SMILES string of the molecule is Cc1cc(Br)cnc1NC(=O)c1cc(Br)cnc1N. The molecule has 0 saturated carbocycles. The maximum Gasteiger partial charge on any atom is 0.260 e. The van der Waals surface area contributed by atoms with Crippen molar-refractivity contribution in [3.8, 4) is 0 Å². The minimum absolute atomic E-state index is 0.176. The number of nitrogens with two attached hydrogens (primary N) is 1. The largest absolute Gasteiger partial charge is 0.383 e. The number of nitrogens with zero attached hydrogens (tertiary/aromatic N) is 2. The second kappa shape index (κ2) is 5.66. The number of rotatable bonds is 2. The molecule has 2 rings (SSSR count). The number of aryl methyl sites for hydroxylation is 1. The Morgan fingerprint density at radius 2 is 1.84 bits per heavy atom. The molecule has 0 aliphatic carbocycles. The lowest BCUT2D eigenvalue weighted by atomic mass is 10.2. The topological polar surface area (TPSA) is 80.9 Å². The van der Waals surface area contributed by atoms with Gasteiger partial charge in [-0.2, -0.15) is 0 Å². The first-order valence-electron chi connectivity index (χ1n) is 5.32. The summed E-state index contributed by atoms with van der Waals surface area (Å²) in [7, 11) is 0. The van der Waals surface area contributed by atoms with Crippen LogP contribution >= 0.6 is 31.9 Å². The Hall–Kier alpha value is -1.47. The van der Waals surface area contributed by atoms with E-state index in [0.29, 0.717) is 15.9 Å². The number of nitrogens with one attached hydrogen (secondary N) is 1. The molecule has 0 aliphatic rings. The van der Waals surface area contributed by atoms with Crippen molar-refractivity contribution in [3.05, 3.63) is 44.6 Å². The molecule has 2 heterocycles. The fourth-order valence-electron chi connectivity index (χ4n) is 1.48. The van der Waals surface area contributed by atoms with E-state index < -0.39 is 0 Å². The summed E-state index contributed by atoms with van der Waals surface area (Å²) in [4.78, 5) is 20.2. The van der Waals surface area contributed by atoms with Crippen molar-refractivity contribution >= 4 is 49.4 Å². The van der Waals surface area contributed by atoms with Crippen molar-refractivity contribution in [2.45, 2.75) is 6.92 Å². The summed E-state index contributed by atoms with van der Waals surface area (Å²) in [5.74, 6) is 0.326. The van der Waals surface area contributed by atoms with Crippen molar-refractivity contribution in [1.29, 1.82) is 0 Å². The van der Waals surface area contributed by atoms with Gasteiger partial charge in [-0.25, -0.2) is 9.97 Å². The van der Waals surface area contributed by atoms with E-state index >= 15 is 0 Å². The van der Waals surface area contributed by atoms with Crippen molar-refractivity contribution < 1.29 is 4.79 Å². The Kier molecular flexibility index (Phi) is 4.16. The molecule has 0 radical (unpaired) electrons. The number of anilines is 2. The molecule has 0 spiro atoms. The molecule has 2 aromatic rings. The van der Waals surface area contributed by atoms with E-state index in [1.54, 1.807) is 12.3 Å². The minimum Gasteiger partial charge on any atom is -0.383 e. The molecule has 98 valence electrons. The monoisotopic (exact) mass is 384 g/mol. The van der Waals surface area contributed by atoms with Gasteiger partial charge in [-0.15, -0.1) is 0 Å². The normalized spacial score (nSPS) is 10.3. The average molecular weight is 386 g/mol. The molecular formula is C12H10Br2N4O. The summed E-state index contributed by atoms with van der Waals surface area (Å²) >= 11 is 6.57. The molecule has 0 aliphatic heterocycles. The standard InChI is InChI=1S/C12H10Br2N4O/c1-6-2-7(13)5-17-11(6)18-12(19)9-3-8(14)4-16-10(9)15/h2-5H,1H3,(H2,15,16)(H,17,18,19). The number of hydrogen-bond donors (Lipinski definition) is 2. The Morgan fingerprint density at radius 1 is 1.21 bits per heavy atom. The Balaban J connectivity index is 2.28. The van der Waals surface area contributed by atoms with Crippen LogP contribution in [0.25, 0.3) is 0 Å². The Labute approximate surface area is 126 Å². The average Bonchev–Trinajstić information content (AvgIpc) is 2.35. The molecule has 3 N–H and O–H groups in total. The van der Waals surface area contributed by atoms with Gasteiger partial charge < -0.3 is 11.1 Å². The van der Waals surface area contributed by atoms with Gasteiger partial charge in [-0.05, 0) is 56.5 Å². The predicted octanol–water partition coefficient (Wildman–Crippen LogP) is 3.14. The summed E-state index contributed by atoms with van der Waals surface area (Å²) in [5.41, 5.74) is 6.84. The number of pyridine rings is 2. The van der Waals surface area contributed by atoms with Crippen LogP contribution in [-0.4, -0.2) is 15.9 Å². The van der Waals surface area contributed by atoms with Gasteiger partial charge in [0, 0.05) is 21.3 Å². The van der Waals surface area contributed by atoms with Gasteiger partial charge in [0.05, 0.1) is 5.56 Å². The molecule has 0 atom stereocenters. The lowest BCUT2D eigenvalue weighted by Gasteiger charge is -2.09. The number of carbonyl (C=O) groups excluding carboxylic acids is 1. The molecule has 1 amide bonds. The van der Waals surface area contributed by atoms with Gasteiger partial charge in [-0.1, -0.05) is 0 Å². The highest BCUT2D eigenvalue weighted by Gasteiger charge is 2.13. The molecule has 7 heteroatoms. The molecule has 5 nitrogen and oxygen atoms in total. The summed E-state index contributed by atoms with van der Waals surface area (Å²) in [5, 5.41) is 2.71. The van der Waals surface area contributed by atoms with E-state index in [9.17, 15) is 4.79 Å². The van der Waals surface area contributed by atoms with Gasteiger partial charge in [0.2, 0.25) is 0 Å². The first-order chi connectivity index (χ1) is 8.97. The Morgan fingerprint density at radius 3 is 2.53 bits per heavy atom. The van der Waals surface area contributed by atoms with Gasteiger partial charge in [0.25, 0.3) is 5.91 Å². The second-order valence-corrected chi connectivity index (χ2v) is 5.69. The zero-order chi connectivity index (χ0) is 14.0. The van der Waals surface area contributed by atoms with Gasteiger partial charge in [0.1, 0.15) is 11.6 Å². The van der Waals surface area contributed by atoms with Crippen LogP contribution < -0.4 is 11.1 Å². The van der Waals surface area contributed by atoms with E-state index in [0.717, 1.165) is 10.0 Å². The number of amides is 1. The number of aromatic nitrogens is 2. The summed E-state index contributed by atoms with van der Waals surface area (Å²) in [6, 6.07) is 3.48. The summed E-state index contributed by atoms with van der Waals surface area (Å²) in [6.45, 7) is 1.86. The number of hydrogen-bond acceptors (Lipinski definition) is 4. The molecule has 0 bridgehead atoms. The van der Waals surface area contributed by atoms with Crippen LogP contribution in [0.15, 0.2) is 33.5 Å². The number of nitrogen functional groups attached to an aromatic ring is 1. The summed E-state index contributed by atoms with van der Waals surface area (Å²) in [6.07, 6.45) is 3.15. The van der Waals surface area contributed by atoms with Crippen LogP contribution in [-0.2, 0) is 0 Å². The van der Waals surface area contributed by atoms with Crippen LogP contribution in [0, 0.1) is 6.92 Å². The summed E-state index contributed by atoms with van der Waals surface area (Å²) < 4.78 is 1.54. The van der Waals surface area contributed by atoms with Crippen LogP contribution in [0.1, 0.15) is 15.9 Å². The fourth-order valence-corrected chi connectivity index (χ4v) is 2.25. The third-order valence-corrected chi connectivity index (χ3v) is 3.27. The zero-order valence-electron chi connectivity index (χ0n) is 9.95. The lowest BCUT2D eigenvalue weighted by molar-refractivity contribution is 0.102. The molecule has 0 unspecified atom stereocenters. The highest BCUT2D eigenvalue weighted by Crippen LogP contribution is 2.20. The van der Waals surface area contributed by atoms with E-state index in [4.69, 9.17) is 5.73 Å². The third-order valence-electron chi connectivity index (χ3n) is 2.41. The molecule has 0 fully saturated rings. The number of halogens is 2. The maximum absolute atomic E-state index is 12.1. The van der Waals surface area contributed by atoms with Crippen LogP contribution in [0.4, 0.5) is 11.6 Å². The Bertz CT molecular complexity index is 646. The highest BCUT2D eigenvalue weighted by molar-refractivity contribution is 9.10. The molecule has 2 aromatic heterocycles. The third kappa shape index (κ3) is 3.30. The molecular weight excluding hydrogens is 376 g/mol. The van der Waals surface area contributed by atoms with Crippen molar-refractivity contribution in [2.24, 2.45) is 0 Å². The fraction of sp³-hybridized carbons (Fsp3) is 0.0833. The van der Waals surface area contributed by atoms with Gasteiger partial charge in [0.15, 0.2) is 0 Å². The van der Waals surface area contributed by atoms with Crippen LogP contribution in [0.5, 0.6) is 0 Å². The van der Waals surface area contributed by atoms with Crippen molar-refractivity contribution in [1.82, 2.24) is 9.97 Å². The number of carbonyl (C=O) groups is 1. The van der Waals surface area contributed by atoms with Gasteiger partial charge >= 0.3 is 0 Å². The molecule has 0 aromatic carbocycles. The minimum atomic E-state index is -0.343. The molecule has 19 heavy (non-hydrogen) atoms. The second-order valence-electron chi connectivity index (χ2n) is 3.86. The first kappa shape index (κ1) is 14.0. The van der Waals surface area contributed by atoms with Crippen molar-refractivity contribution in [2.75, 3.05) is 11.1 Å².